The van der Waals surface area contributed by atoms with Gasteiger partial charge in [0, 0.05) is 36.6 Å². The molecule has 8 rings (SSSR count). The van der Waals surface area contributed by atoms with Gasteiger partial charge in [-0.05, 0) is 52.6 Å². The Labute approximate surface area is 232 Å². The highest BCUT2D eigenvalue weighted by Crippen LogP contribution is 2.39. The minimum atomic E-state index is 0.817. The first-order valence-electron chi connectivity index (χ1n) is 13.1. The maximum Gasteiger partial charge on any atom is 0.115 e. The number of aromatic nitrogens is 1. The lowest BCUT2D eigenvalue weighted by molar-refractivity contribution is 1.19. The largest absolute Gasteiger partial charge is 0.309 e. The number of fused-ring (bicyclic) bond motifs is 6. The molecule has 0 saturated heterocycles. The molecule has 39 heavy (non-hydrogen) atoms. The summed E-state index contributed by atoms with van der Waals surface area (Å²) in [6.45, 7) is 0. The monoisotopic (exact) mass is 511 g/mol. The lowest BCUT2D eigenvalue weighted by Gasteiger charge is -2.12. The van der Waals surface area contributed by atoms with E-state index in [1.807, 2.05) is 0 Å². The minimum absolute atomic E-state index is 0.817. The number of hydrogen-bond donors (Lipinski definition) is 0. The van der Waals surface area contributed by atoms with Gasteiger partial charge in [-0.2, -0.15) is 0 Å². The lowest BCUT2D eigenvalue weighted by atomic mass is 9.93. The molecule has 180 valence electrons. The van der Waals surface area contributed by atoms with E-state index in [4.69, 9.17) is 7.85 Å². The molecule has 0 aliphatic rings. The average Bonchev–Trinajstić information content (AvgIpc) is 3.53. The fourth-order valence-electron chi connectivity index (χ4n) is 5.88. The number of thiophene rings is 1. The van der Waals surface area contributed by atoms with Crippen LogP contribution in [-0.2, 0) is 0 Å². The molecule has 0 bridgehead atoms. The molecule has 2 aromatic heterocycles. The average molecular weight is 511 g/mol. The molecule has 0 spiro atoms. The van der Waals surface area contributed by atoms with Crippen molar-refractivity contribution in [3.63, 3.8) is 0 Å². The van der Waals surface area contributed by atoms with Crippen molar-refractivity contribution in [2.24, 2.45) is 0 Å². The van der Waals surface area contributed by atoms with E-state index in [9.17, 15) is 0 Å². The molecule has 2 heterocycles. The van der Waals surface area contributed by atoms with Gasteiger partial charge in [0.2, 0.25) is 0 Å². The van der Waals surface area contributed by atoms with Gasteiger partial charge in [0.05, 0.1) is 11.0 Å². The summed E-state index contributed by atoms with van der Waals surface area (Å²) < 4.78 is 4.80. The van der Waals surface area contributed by atoms with Crippen molar-refractivity contribution in [1.82, 2.24) is 4.57 Å². The van der Waals surface area contributed by atoms with Crippen molar-refractivity contribution < 1.29 is 0 Å². The Hall–Kier alpha value is -4.60. The molecular formula is C36H22BNS. The fourth-order valence-corrected chi connectivity index (χ4v) is 6.99. The van der Waals surface area contributed by atoms with E-state index in [1.165, 1.54) is 59.5 Å². The van der Waals surface area contributed by atoms with Crippen molar-refractivity contribution in [2.45, 2.75) is 0 Å². The first kappa shape index (κ1) is 22.4. The molecule has 1 nitrogen and oxygen atoms in total. The van der Waals surface area contributed by atoms with E-state index < -0.39 is 0 Å². The van der Waals surface area contributed by atoms with Crippen molar-refractivity contribution in [3.05, 3.63) is 133 Å². The third-order valence-electron chi connectivity index (χ3n) is 7.73. The number of hydrogen-bond acceptors (Lipinski definition) is 1. The normalized spacial score (nSPS) is 11.7. The Morgan fingerprint density at radius 2 is 1.03 bits per heavy atom. The predicted molar refractivity (Wildman–Crippen MR) is 170 cm³/mol. The van der Waals surface area contributed by atoms with Crippen LogP contribution in [0.2, 0.25) is 0 Å². The van der Waals surface area contributed by atoms with Crippen LogP contribution in [0.4, 0.5) is 0 Å². The number of rotatable bonds is 3. The number of benzene rings is 6. The second-order valence-electron chi connectivity index (χ2n) is 10.0. The van der Waals surface area contributed by atoms with E-state index in [0.29, 0.717) is 0 Å². The van der Waals surface area contributed by atoms with E-state index in [1.54, 1.807) is 11.3 Å². The topological polar surface area (TPSA) is 4.93 Å². The molecule has 0 unspecified atom stereocenters. The Balaban J connectivity index is 1.48. The molecular weight excluding hydrogens is 489 g/mol. The van der Waals surface area contributed by atoms with Gasteiger partial charge < -0.3 is 4.57 Å². The van der Waals surface area contributed by atoms with E-state index in [0.717, 1.165) is 15.9 Å². The molecule has 0 N–H and O–H groups in total. The van der Waals surface area contributed by atoms with Crippen LogP contribution >= 0.6 is 11.3 Å². The van der Waals surface area contributed by atoms with Crippen molar-refractivity contribution >= 4 is 66.6 Å². The van der Waals surface area contributed by atoms with E-state index in [2.05, 4.69) is 138 Å². The second-order valence-corrected chi connectivity index (χ2v) is 11.1. The summed E-state index contributed by atoms with van der Waals surface area (Å²) in [6, 6.07) is 47.8. The number of nitrogens with zero attached hydrogens (tertiary/aromatic N) is 1. The van der Waals surface area contributed by atoms with Gasteiger partial charge in [-0.1, -0.05) is 109 Å². The van der Waals surface area contributed by atoms with Crippen LogP contribution in [0.1, 0.15) is 0 Å². The Kier molecular flexibility index (Phi) is 5.01. The highest BCUT2D eigenvalue weighted by atomic mass is 32.1. The molecule has 0 fully saturated rings. The quantitative estimate of drug-likeness (QED) is 0.208. The zero-order chi connectivity index (χ0) is 25.9. The summed E-state index contributed by atoms with van der Waals surface area (Å²) in [5, 5.41) is 4.93. The van der Waals surface area contributed by atoms with Crippen LogP contribution < -0.4 is 5.46 Å². The maximum atomic E-state index is 6.75. The van der Waals surface area contributed by atoms with Crippen LogP contribution in [0, 0.1) is 0 Å². The summed E-state index contributed by atoms with van der Waals surface area (Å²) in [6.07, 6.45) is 0. The SMILES string of the molecule is [B]c1cc(-n2c3cc(-c4ccccc4)ccc3c3ccc(-c4ccccc4)cc32)cc2c1sc1ccccc12. The van der Waals surface area contributed by atoms with Gasteiger partial charge >= 0.3 is 0 Å². The summed E-state index contributed by atoms with van der Waals surface area (Å²) in [4.78, 5) is 0. The third kappa shape index (κ3) is 3.54. The maximum absolute atomic E-state index is 6.75. The van der Waals surface area contributed by atoms with Crippen LogP contribution in [0.5, 0.6) is 0 Å². The Bertz CT molecular complexity index is 2070. The predicted octanol–water partition coefficient (Wildman–Crippen LogP) is 9.28. The highest BCUT2D eigenvalue weighted by molar-refractivity contribution is 7.26. The smallest absolute Gasteiger partial charge is 0.115 e. The van der Waals surface area contributed by atoms with Gasteiger partial charge in [-0.3, -0.25) is 0 Å². The summed E-state index contributed by atoms with van der Waals surface area (Å²) in [7, 11) is 6.75. The summed E-state index contributed by atoms with van der Waals surface area (Å²) >= 11 is 1.77. The molecule has 0 aliphatic carbocycles. The zero-order valence-electron chi connectivity index (χ0n) is 21.1. The van der Waals surface area contributed by atoms with Gasteiger partial charge in [0.15, 0.2) is 0 Å². The Morgan fingerprint density at radius 1 is 0.462 bits per heavy atom. The van der Waals surface area contributed by atoms with Crippen LogP contribution in [0.3, 0.4) is 0 Å². The molecule has 0 saturated carbocycles. The second kappa shape index (κ2) is 8.73. The molecule has 0 amide bonds. The van der Waals surface area contributed by atoms with Crippen LogP contribution in [0.25, 0.3) is 69.9 Å². The summed E-state index contributed by atoms with van der Waals surface area (Å²) in [5.41, 5.74) is 9.07. The molecule has 2 radical (unpaired) electrons. The van der Waals surface area contributed by atoms with Crippen molar-refractivity contribution in [3.8, 4) is 27.9 Å². The molecule has 0 atom stereocenters. The minimum Gasteiger partial charge on any atom is -0.309 e. The van der Waals surface area contributed by atoms with E-state index >= 15 is 0 Å². The van der Waals surface area contributed by atoms with Gasteiger partial charge in [0.25, 0.3) is 0 Å². The highest BCUT2D eigenvalue weighted by Gasteiger charge is 2.17. The van der Waals surface area contributed by atoms with E-state index in [-0.39, 0.29) is 0 Å². The summed E-state index contributed by atoms with van der Waals surface area (Å²) in [5.74, 6) is 0. The van der Waals surface area contributed by atoms with Gasteiger partial charge in [-0.15, -0.1) is 11.3 Å². The van der Waals surface area contributed by atoms with Crippen LogP contribution in [-0.4, -0.2) is 12.4 Å². The molecule has 8 aromatic rings. The van der Waals surface area contributed by atoms with Crippen molar-refractivity contribution in [1.29, 1.82) is 0 Å². The van der Waals surface area contributed by atoms with Gasteiger partial charge in [-0.25, -0.2) is 0 Å². The molecule has 3 heteroatoms. The standard InChI is InChI=1S/C36H22BNS/c37-32-22-27(21-31-30-13-7-8-14-35(30)39-36(31)32)38-33-19-25(23-9-3-1-4-10-23)15-17-28(33)29-18-16-26(20-34(29)38)24-11-5-2-6-12-24/h1-22H. The first-order chi connectivity index (χ1) is 19.2. The first-order valence-corrected chi connectivity index (χ1v) is 14.0. The molecule has 6 aromatic carbocycles. The zero-order valence-corrected chi connectivity index (χ0v) is 22.0. The van der Waals surface area contributed by atoms with Crippen LogP contribution in [0.15, 0.2) is 133 Å². The fraction of sp³-hybridized carbons (Fsp3) is 0. The molecule has 0 aliphatic heterocycles. The third-order valence-corrected chi connectivity index (χ3v) is 8.97. The van der Waals surface area contributed by atoms with Gasteiger partial charge in [0.1, 0.15) is 7.85 Å². The lowest BCUT2D eigenvalue weighted by Crippen LogP contribution is -2.05. The Morgan fingerprint density at radius 3 is 1.64 bits per heavy atom. The van der Waals surface area contributed by atoms with Crippen molar-refractivity contribution in [2.75, 3.05) is 0 Å².